The number of methoxy groups -OCH3 is 1. The molecule has 2 saturated heterocycles. The van der Waals surface area contributed by atoms with Crippen molar-refractivity contribution < 1.29 is 9.53 Å². The van der Waals surface area contributed by atoms with E-state index >= 15 is 0 Å². The van der Waals surface area contributed by atoms with Gasteiger partial charge in [-0.1, -0.05) is 25.0 Å². The number of piperidine rings is 1. The van der Waals surface area contributed by atoms with Crippen molar-refractivity contribution in [3.8, 4) is 5.75 Å². The van der Waals surface area contributed by atoms with Gasteiger partial charge in [-0.25, -0.2) is 0 Å². The van der Waals surface area contributed by atoms with Gasteiger partial charge in [0.2, 0.25) is 5.91 Å². The number of unbranched alkanes of at least 4 members (excludes halogenated alkanes) is 1. The van der Waals surface area contributed by atoms with Crippen LogP contribution >= 0.6 is 23.5 Å². The molecular weight excluding hydrogens is 400 g/mol. The van der Waals surface area contributed by atoms with Crippen LogP contribution in [0.2, 0.25) is 0 Å². The zero-order valence-corrected chi connectivity index (χ0v) is 19.4. The Morgan fingerprint density at radius 2 is 2.10 bits per heavy atom. The van der Waals surface area contributed by atoms with Crippen LogP contribution in [-0.2, 0) is 4.79 Å². The molecule has 0 radical (unpaired) electrons. The summed E-state index contributed by atoms with van der Waals surface area (Å²) in [6, 6.07) is 8.48. The fourth-order valence-electron chi connectivity index (χ4n) is 4.05. The lowest BCUT2D eigenvalue weighted by Gasteiger charge is -2.29. The molecule has 1 aromatic rings. The molecule has 162 valence electrons. The van der Waals surface area contributed by atoms with E-state index in [4.69, 9.17) is 4.74 Å². The summed E-state index contributed by atoms with van der Waals surface area (Å²) >= 11 is 4.14. The Bertz CT molecular complexity index is 623. The Morgan fingerprint density at radius 3 is 2.93 bits per heavy atom. The van der Waals surface area contributed by atoms with Crippen LogP contribution in [0.1, 0.15) is 61.5 Å². The van der Waals surface area contributed by atoms with E-state index in [2.05, 4.69) is 40.2 Å². The number of nitrogens with zero attached hydrogens (tertiary/aromatic N) is 1. The van der Waals surface area contributed by atoms with Crippen molar-refractivity contribution in [3.63, 3.8) is 0 Å². The maximum absolute atomic E-state index is 12.1. The van der Waals surface area contributed by atoms with Crippen molar-refractivity contribution in [2.24, 2.45) is 0 Å². The average Bonchev–Trinajstić information content (AvgIpc) is 2.78. The predicted octanol–water partition coefficient (Wildman–Crippen LogP) is 5.10. The molecule has 6 heteroatoms. The third-order valence-corrected chi connectivity index (χ3v) is 8.93. The Labute approximate surface area is 184 Å². The number of thioether (sulfide) groups is 2. The van der Waals surface area contributed by atoms with Crippen LogP contribution in [-0.4, -0.2) is 55.1 Å². The van der Waals surface area contributed by atoms with Gasteiger partial charge < -0.3 is 15.0 Å². The summed E-state index contributed by atoms with van der Waals surface area (Å²) in [5, 5.41) is 3.81. The van der Waals surface area contributed by atoms with Crippen molar-refractivity contribution in [1.29, 1.82) is 0 Å². The standard InChI is InChI=1S/C23H36N2O2S2/c1-27-20-9-7-8-19(18-20)23-28-17-12-21(29-23)10-3-4-11-22(26)24-13-16-25-14-5-2-6-15-25/h7-9,18,21,23H,2-6,10-17H2,1H3,(H,24,26). The van der Waals surface area contributed by atoms with Gasteiger partial charge in [0.05, 0.1) is 11.7 Å². The van der Waals surface area contributed by atoms with Crippen molar-refractivity contribution in [1.82, 2.24) is 10.2 Å². The van der Waals surface area contributed by atoms with E-state index in [0.717, 1.165) is 31.7 Å². The first kappa shape index (κ1) is 22.8. The van der Waals surface area contributed by atoms with Crippen LogP contribution in [0.3, 0.4) is 0 Å². The molecule has 4 nitrogen and oxygen atoms in total. The van der Waals surface area contributed by atoms with E-state index < -0.39 is 0 Å². The average molecular weight is 437 g/mol. The van der Waals surface area contributed by atoms with Gasteiger partial charge in [0.1, 0.15) is 5.75 Å². The van der Waals surface area contributed by atoms with Gasteiger partial charge in [-0.15, -0.1) is 23.5 Å². The zero-order chi connectivity index (χ0) is 20.3. The summed E-state index contributed by atoms with van der Waals surface area (Å²) < 4.78 is 5.88. The molecule has 0 spiro atoms. The molecule has 0 aromatic heterocycles. The number of rotatable bonds is 10. The second-order valence-electron chi connectivity index (χ2n) is 8.02. The Hall–Kier alpha value is -0.850. The summed E-state index contributed by atoms with van der Waals surface area (Å²) in [4.78, 5) is 14.6. The maximum atomic E-state index is 12.1. The first-order valence-electron chi connectivity index (χ1n) is 11.1. The molecule has 2 atom stereocenters. The smallest absolute Gasteiger partial charge is 0.220 e. The number of carbonyl (C=O) groups is 1. The molecule has 0 saturated carbocycles. The quantitative estimate of drug-likeness (QED) is 0.517. The molecule has 2 fully saturated rings. The number of ether oxygens (including phenoxy) is 1. The summed E-state index contributed by atoms with van der Waals surface area (Å²) in [7, 11) is 1.73. The van der Waals surface area contributed by atoms with Crippen molar-refractivity contribution in [2.45, 2.75) is 61.2 Å². The molecular formula is C23H36N2O2S2. The minimum absolute atomic E-state index is 0.225. The fourth-order valence-corrected chi connectivity index (χ4v) is 7.45. The van der Waals surface area contributed by atoms with Crippen LogP contribution in [0.5, 0.6) is 5.75 Å². The highest BCUT2D eigenvalue weighted by Gasteiger charge is 2.24. The lowest BCUT2D eigenvalue weighted by atomic mass is 10.1. The van der Waals surface area contributed by atoms with E-state index in [9.17, 15) is 4.79 Å². The van der Waals surface area contributed by atoms with E-state index in [1.807, 2.05) is 17.8 Å². The Morgan fingerprint density at radius 1 is 1.24 bits per heavy atom. The molecule has 1 amide bonds. The van der Waals surface area contributed by atoms with Gasteiger partial charge in [0.25, 0.3) is 0 Å². The van der Waals surface area contributed by atoms with Crippen molar-refractivity contribution in [3.05, 3.63) is 29.8 Å². The topological polar surface area (TPSA) is 41.6 Å². The normalized spacial score (nSPS) is 22.9. The van der Waals surface area contributed by atoms with Crippen LogP contribution in [0, 0.1) is 0 Å². The highest BCUT2D eigenvalue weighted by molar-refractivity contribution is 8.17. The molecule has 2 aliphatic heterocycles. The number of nitrogens with one attached hydrogen (secondary N) is 1. The lowest BCUT2D eigenvalue weighted by molar-refractivity contribution is -0.121. The molecule has 0 aliphatic carbocycles. The van der Waals surface area contributed by atoms with E-state index in [1.54, 1.807) is 7.11 Å². The van der Waals surface area contributed by atoms with Gasteiger partial charge in [0, 0.05) is 24.8 Å². The fraction of sp³-hybridized carbons (Fsp3) is 0.696. The minimum atomic E-state index is 0.225. The summed E-state index contributed by atoms with van der Waals surface area (Å²) in [6.07, 6.45) is 9.29. The van der Waals surface area contributed by atoms with E-state index in [0.29, 0.717) is 16.3 Å². The van der Waals surface area contributed by atoms with Crippen molar-refractivity contribution in [2.75, 3.05) is 39.0 Å². The van der Waals surface area contributed by atoms with Crippen LogP contribution < -0.4 is 10.1 Å². The highest BCUT2D eigenvalue weighted by atomic mass is 32.2. The molecule has 2 aliphatic rings. The minimum Gasteiger partial charge on any atom is -0.497 e. The number of hydrogen-bond donors (Lipinski definition) is 1. The zero-order valence-electron chi connectivity index (χ0n) is 17.7. The Balaban J connectivity index is 1.28. The molecule has 2 heterocycles. The summed E-state index contributed by atoms with van der Waals surface area (Å²) in [6.45, 7) is 4.21. The number of amides is 1. The summed E-state index contributed by atoms with van der Waals surface area (Å²) in [5.74, 6) is 2.39. The molecule has 0 bridgehead atoms. The molecule has 3 rings (SSSR count). The second kappa shape index (κ2) is 12.8. The third-order valence-electron chi connectivity index (χ3n) is 5.77. The largest absolute Gasteiger partial charge is 0.497 e. The second-order valence-corrected chi connectivity index (χ2v) is 10.9. The third kappa shape index (κ3) is 8.06. The van der Waals surface area contributed by atoms with Gasteiger partial charge >= 0.3 is 0 Å². The number of carbonyl (C=O) groups excluding carboxylic acids is 1. The molecule has 1 N–H and O–H groups in total. The van der Waals surface area contributed by atoms with Gasteiger partial charge in [-0.2, -0.15) is 0 Å². The first-order valence-corrected chi connectivity index (χ1v) is 13.1. The van der Waals surface area contributed by atoms with E-state index in [1.165, 1.54) is 56.5 Å². The lowest BCUT2D eigenvalue weighted by Crippen LogP contribution is -2.37. The first-order chi connectivity index (χ1) is 14.2. The highest BCUT2D eigenvalue weighted by Crippen LogP contribution is 2.48. The monoisotopic (exact) mass is 436 g/mol. The van der Waals surface area contributed by atoms with Crippen LogP contribution in [0.15, 0.2) is 24.3 Å². The molecule has 2 unspecified atom stereocenters. The van der Waals surface area contributed by atoms with Gasteiger partial charge in [0.15, 0.2) is 0 Å². The predicted molar refractivity (Wildman–Crippen MR) is 126 cm³/mol. The van der Waals surface area contributed by atoms with Crippen LogP contribution in [0.25, 0.3) is 0 Å². The SMILES string of the molecule is COc1cccc(C2SCCC(CCCCC(=O)NCCN3CCCCC3)S2)c1. The molecule has 1 aromatic carbocycles. The maximum Gasteiger partial charge on any atom is 0.220 e. The van der Waals surface area contributed by atoms with Gasteiger partial charge in [-0.05, 0) is 68.6 Å². The Kier molecular flexibility index (Phi) is 10.0. The number of likely N-dealkylation sites (tertiary alicyclic amines) is 1. The van der Waals surface area contributed by atoms with E-state index in [-0.39, 0.29) is 5.91 Å². The number of benzene rings is 1. The molecule has 29 heavy (non-hydrogen) atoms. The summed E-state index contributed by atoms with van der Waals surface area (Å²) in [5.41, 5.74) is 1.36. The number of hydrogen-bond acceptors (Lipinski definition) is 5. The van der Waals surface area contributed by atoms with Crippen molar-refractivity contribution >= 4 is 29.4 Å². The van der Waals surface area contributed by atoms with Crippen LogP contribution in [0.4, 0.5) is 0 Å². The van der Waals surface area contributed by atoms with Gasteiger partial charge in [-0.3, -0.25) is 4.79 Å².